The minimum absolute atomic E-state index is 0.157. The summed E-state index contributed by atoms with van der Waals surface area (Å²) in [5, 5.41) is -0.477. The summed E-state index contributed by atoms with van der Waals surface area (Å²) in [6.07, 6.45) is 0. The Morgan fingerprint density at radius 3 is 3.00 bits per heavy atom. The molecule has 0 aliphatic carbocycles. The van der Waals surface area contributed by atoms with Gasteiger partial charge in [0.2, 0.25) is 0 Å². The molecule has 0 saturated carbocycles. The van der Waals surface area contributed by atoms with E-state index in [2.05, 4.69) is 4.98 Å². The molecule has 1 aliphatic heterocycles. The third-order valence-corrected chi connectivity index (χ3v) is 6.69. The summed E-state index contributed by atoms with van der Waals surface area (Å²) in [5.74, 6) is 2.72. The number of sulfone groups is 1. The van der Waals surface area contributed by atoms with Gasteiger partial charge in [-0.05, 0) is 12.1 Å². The number of hydrogen-bond acceptors (Lipinski definition) is 5. The number of anilines is 1. The van der Waals surface area contributed by atoms with E-state index >= 15 is 0 Å². The molecule has 1 unspecified atom stereocenters. The van der Waals surface area contributed by atoms with E-state index in [1.807, 2.05) is 23.1 Å². The van der Waals surface area contributed by atoms with Gasteiger partial charge in [-0.25, -0.2) is 13.4 Å². The second kappa shape index (κ2) is 6.33. The van der Waals surface area contributed by atoms with Crippen molar-refractivity contribution in [2.24, 2.45) is 0 Å². The smallest absolute Gasteiger partial charge is 0.171 e. The topological polar surface area (TPSA) is 50.3 Å². The van der Waals surface area contributed by atoms with Crippen LogP contribution in [0.1, 0.15) is 12.6 Å². The minimum Gasteiger partial charge on any atom is -0.338 e. The fraction of sp³-hybridized carbons (Fsp3) is 0.583. The van der Waals surface area contributed by atoms with Crippen molar-refractivity contribution in [1.82, 2.24) is 4.98 Å². The van der Waals surface area contributed by atoms with Crippen molar-refractivity contribution >= 4 is 39.0 Å². The number of alkyl halides is 1. The second-order valence-corrected chi connectivity index (χ2v) is 8.16. The summed E-state index contributed by atoms with van der Waals surface area (Å²) in [5.41, 5.74) is 0.769. The zero-order chi connectivity index (χ0) is 13.9. The summed E-state index contributed by atoms with van der Waals surface area (Å²) < 4.78 is 24.4. The van der Waals surface area contributed by atoms with E-state index in [4.69, 9.17) is 11.6 Å². The van der Waals surface area contributed by atoms with E-state index in [0.29, 0.717) is 24.0 Å². The highest BCUT2D eigenvalue weighted by Crippen LogP contribution is 2.26. The molecule has 1 saturated heterocycles. The van der Waals surface area contributed by atoms with Crippen LogP contribution in [0.3, 0.4) is 0 Å². The average molecular weight is 321 g/mol. The van der Waals surface area contributed by atoms with Gasteiger partial charge in [-0.3, -0.25) is 0 Å². The lowest BCUT2D eigenvalue weighted by atomic mass is 10.3. The van der Waals surface area contributed by atoms with Crippen molar-refractivity contribution < 1.29 is 8.42 Å². The van der Waals surface area contributed by atoms with Gasteiger partial charge in [0.15, 0.2) is 9.84 Å². The largest absolute Gasteiger partial charge is 0.338 e. The highest BCUT2D eigenvalue weighted by atomic mass is 35.5. The first kappa shape index (κ1) is 14.9. The molecule has 0 amide bonds. The molecule has 7 heteroatoms. The van der Waals surface area contributed by atoms with Crippen molar-refractivity contribution in [3.05, 3.63) is 23.9 Å². The Kier molecular flexibility index (Phi) is 4.97. The zero-order valence-corrected chi connectivity index (χ0v) is 13.1. The van der Waals surface area contributed by atoms with Crippen molar-refractivity contribution in [3.63, 3.8) is 0 Å². The first-order chi connectivity index (χ1) is 9.08. The van der Waals surface area contributed by atoms with Gasteiger partial charge in [0.1, 0.15) is 11.2 Å². The normalized spacial score (nSPS) is 20.5. The fourth-order valence-electron chi connectivity index (χ4n) is 2.03. The molecule has 0 N–H and O–H groups in total. The number of rotatable bonds is 4. The molecule has 0 aromatic carbocycles. The van der Waals surface area contributed by atoms with Gasteiger partial charge in [-0.2, -0.15) is 11.8 Å². The van der Waals surface area contributed by atoms with Crippen LogP contribution in [0.2, 0.25) is 0 Å². The Morgan fingerprint density at radius 1 is 1.53 bits per heavy atom. The van der Waals surface area contributed by atoms with E-state index in [1.54, 1.807) is 18.7 Å². The summed E-state index contributed by atoms with van der Waals surface area (Å²) in [6, 6.07) is 5.57. The third kappa shape index (κ3) is 3.35. The van der Waals surface area contributed by atoms with Gasteiger partial charge < -0.3 is 4.90 Å². The van der Waals surface area contributed by atoms with Crippen LogP contribution in [0.15, 0.2) is 18.2 Å². The van der Waals surface area contributed by atoms with Crippen LogP contribution in [0.5, 0.6) is 0 Å². The quantitative estimate of drug-likeness (QED) is 0.796. The molecule has 0 bridgehead atoms. The van der Waals surface area contributed by atoms with E-state index in [9.17, 15) is 8.42 Å². The molecule has 2 rings (SSSR count). The predicted octanol–water partition coefficient (Wildman–Crippen LogP) is 2.13. The monoisotopic (exact) mass is 320 g/mol. The first-order valence-electron chi connectivity index (χ1n) is 6.16. The van der Waals surface area contributed by atoms with Gasteiger partial charge in [-0.1, -0.05) is 13.0 Å². The lowest BCUT2D eigenvalue weighted by molar-refractivity contribution is 0.579. The van der Waals surface area contributed by atoms with Crippen molar-refractivity contribution in [2.75, 3.05) is 28.7 Å². The maximum absolute atomic E-state index is 12.2. The van der Waals surface area contributed by atoms with Gasteiger partial charge in [-0.15, -0.1) is 11.6 Å². The van der Waals surface area contributed by atoms with Crippen molar-refractivity contribution in [3.8, 4) is 0 Å². The van der Waals surface area contributed by atoms with Gasteiger partial charge in [0.05, 0.1) is 11.6 Å². The van der Waals surface area contributed by atoms with Crippen LogP contribution in [0, 0.1) is 0 Å². The average Bonchev–Trinajstić information content (AvgIpc) is 2.47. The molecule has 1 aliphatic rings. The Labute approximate surface area is 123 Å². The summed E-state index contributed by atoms with van der Waals surface area (Å²) in [7, 11) is -3.11. The second-order valence-electron chi connectivity index (χ2n) is 4.30. The molecule has 106 valence electrons. The highest BCUT2D eigenvalue weighted by molar-refractivity contribution is 8.01. The summed E-state index contributed by atoms with van der Waals surface area (Å²) in [4.78, 5) is 6.33. The Bertz CT molecular complexity index is 536. The Morgan fingerprint density at radius 2 is 2.32 bits per heavy atom. The number of halogens is 1. The maximum Gasteiger partial charge on any atom is 0.171 e. The SMILES string of the molecule is CCS(=O)(=O)C1CSCCN1c1cccc(CCl)n1. The van der Waals surface area contributed by atoms with Crippen LogP contribution in [-0.4, -0.2) is 42.6 Å². The maximum atomic E-state index is 12.2. The first-order valence-corrected chi connectivity index (χ1v) is 9.57. The van der Waals surface area contributed by atoms with Crippen LogP contribution in [0.4, 0.5) is 5.82 Å². The molecule has 4 nitrogen and oxygen atoms in total. The lowest BCUT2D eigenvalue weighted by Gasteiger charge is -2.35. The molecule has 19 heavy (non-hydrogen) atoms. The van der Waals surface area contributed by atoms with E-state index in [0.717, 1.165) is 11.4 Å². The van der Waals surface area contributed by atoms with Gasteiger partial charge >= 0.3 is 0 Å². The number of thioether (sulfide) groups is 1. The molecular weight excluding hydrogens is 304 g/mol. The molecule has 1 aromatic rings. The van der Waals surface area contributed by atoms with Gasteiger partial charge in [0.25, 0.3) is 0 Å². The lowest BCUT2D eigenvalue weighted by Crippen LogP contribution is -2.48. The molecular formula is C12H17ClN2O2S2. The summed E-state index contributed by atoms with van der Waals surface area (Å²) >= 11 is 7.47. The fourth-order valence-corrected chi connectivity index (χ4v) is 5.16. The van der Waals surface area contributed by atoms with E-state index in [-0.39, 0.29) is 5.75 Å². The van der Waals surface area contributed by atoms with Crippen molar-refractivity contribution in [2.45, 2.75) is 18.2 Å². The molecule has 1 fully saturated rings. The minimum atomic E-state index is -3.11. The number of pyridine rings is 1. The molecule has 2 heterocycles. The Balaban J connectivity index is 2.34. The highest BCUT2D eigenvalue weighted by Gasteiger charge is 2.33. The Hall–Kier alpha value is -0.460. The molecule has 1 atom stereocenters. The summed E-state index contributed by atoms with van der Waals surface area (Å²) in [6.45, 7) is 2.39. The number of nitrogens with zero attached hydrogens (tertiary/aromatic N) is 2. The third-order valence-electron chi connectivity index (χ3n) is 3.12. The number of hydrogen-bond donors (Lipinski definition) is 0. The van der Waals surface area contributed by atoms with E-state index < -0.39 is 15.2 Å². The van der Waals surface area contributed by atoms with Crippen molar-refractivity contribution in [1.29, 1.82) is 0 Å². The van der Waals surface area contributed by atoms with E-state index in [1.165, 1.54) is 0 Å². The predicted molar refractivity (Wildman–Crippen MR) is 81.7 cm³/mol. The van der Waals surface area contributed by atoms with Crippen LogP contribution < -0.4 is 4.90 Å². The molecule has 0 spiro atoms. The molecule has 1 aromatic heterocycles. The van der Waals surface area contributed by atoms with Crippen LogP contribution in [-0.2, 0) is 15.7 Å². The zero-order valence-electron chi connectivity index (χ0n) is 10.8. The van der Waals surface area contributed by atoms with Crippen LogP contribution >= 0.6 is 23.4 Å². The molecule has 0 radical (unpaired) electrons. The van der Waals surface area contributed by atoms with Gasteiger partial charge in [0, 0.05) is 23.8 Å². The number of aromatic nitrogens is 1. The standard InChI is InChI=1S/C12H17ClN2O2S2/c1-2-19(16,17)12-9-18-7-6-15(12)11-5-3-4-10(8-13)14-11/h3-5,12H,2,6-9H2,1H3. The van der Waals surface area contributed by atoms with Crippen LogP contribution in [0.25, 0.3) is 0 Å².